The van der Waals surface area contributed by atoms with Gasteiger partial charge in [0, 0.05) is 18.0 Å². The zero-order valence-corrected chi connectivity index (χ0v) is 16.0. The number of hydrogen-bond donors (Lipinski definition) is 2. The summed E-state index contributed by atoms with van der Waals surface area (Å²) < 4.78 is 5.27. The molecule has 6 nitrogen and oxygen atoms in total. The maximum Gasteiger partial charge on any atom is 0.339 e. The van der Waals surface area contributed by atoms with Crippen molar-refractivity contribution in [2.75, 3.05) is 13.1 Å². The molecule has 27 heavy (non-hydrogen) atoms. The summed E-state index contributed by atoms with van der Waals surface area (Å²) in [7, 11) is 0. The van der Waals surface area contributed by atoms with Crippen molar-refractivity contribution in [3.05, 3.63) is 53.5 Å². The summed E-state index contributed by atoms with van der Waals surface area (Å²) in [4.78, 5) is 26.7. The fraction of sp³-hybridized carbons (Fsp3) is 0.400. The van der Waals surface area contributed by atoms with Crippen LogP contribution in [0.25, 0.3) is 0 Å². The van der Waals surface area contributed by atoms with Crippen molar-refractivity contribution in [2.45, 2.75) is 42.4 Å². The number of thioether (sulfide) groups is 1. The van der Waals surface area contributed by atoms with Crippen molar-refractivity contribution in [2.24, 2.45) is 0 Å². The SMILES string of the molecule is CCC1(O)CCN(C(=O)c2ccccc2SCc2occc2C(=O)O)CC1. The van der Waals surface area contributed by atoms with Gasteiger partial charge in [0.1, 0.15) is 11.3 Å². The van der Waals surface area contributed by atoms with E-state index in [1.807, 2.05) is 25.1 Å². The van der Waals surface area contributed by atoms with E-state index in [1.54, 1.807) is 11.0 Å². The normalized spacial score (nSPS) is 16.3. The number of nitrogens with zero attached hydrogens (tertiary/aromatic N) is 1. The number of furan rings is 1. The van der Waals surface area contributed by atoms with Crippen molar-refractivity contribution in [1.82, 2.24) is 4.90 Å². The maximum absolute atomic E-state index is 13.0. The summed E-state index contributed by atoms with van der Waals surface area (Å²) in [6.45, 7) is 3.02. The molecule has 0 aliphatic carbocycles. The zero-order chi connectivity index (χ0) is 19.4. The molecular weight excluding hydrogens is 366 g/mol. The monoisotopic (exact) mass is 389 g/mol. The highest BCUT2D eigenvalue weighted by Gasteiger charge is 2.33. The van der Waals surface area contributed by atoms with Gasteiger partial charge in [0.15, 0.2) is 0 Å². The van der Waals surface area contributed by atoms with Crippen LogP contribution in [0.3, 0.4) is 0 Å². The number of rotatable bonds is 6. The Kier molecular flexibility index (Phi) is 5.92. The first-order valence-electron chi connectivity index (χ1n) is 8.96. The Bertz CT molecular complexity index is 823. The summed E-state index contributed by atoms with van der Waals surface area (Å²) in [6, 6.07) is 8.74. The highest BCUT2D eigenvalue weighted by Crippen LogP contribution is 2.31. The third-order valence-electron chi connectivity index (χ3n) is 5.09. The minimum absolute atomic E-state index is 0.0610. The van der Waals surface area contributed by atoms with Crippen molar-refractivity contribution in [3.8, 4) is 0 Å². The first-order valence-corrected chi connectivity index (χ1v) is 9.95. The summed E-state index contributed by atoms with van der Waals surface area (Å²) >= 11 is 1.38. The van der Waals surface area contributed by atoms with Gasteiger partial charge in [0.2, 0.25) is 0 Å². The third-order valence-corrected chi connectivity index (χ3v) is 6.17. The second kappa shape index (κ2) is 8.19. The molecule has 7 heteroatoms. The quantitative estimate of drug-likeness (QED) is 0.733. The van der Waals surface area contributed by atoms with E-state index < -0.39 is 11.6 Å². The number of piperidine rings is 1. The number of aromatic carboxylic acids is 1. The van der Waals surface area contributed by atoms with E-state index >= 15 is 0 Å². The number of likely N-dealkylation sites (tertiary alicyclic amines) is 1. The molecule has 1 aliphatic rings. The highest BCUT2D eigenvalue weighted by molar-refractivity contribution is 7.98. The summed E-state index contributed by atoms with van der Waals surface area (Å²) in [6.07, 6.45) is 3.22. The van der Waals surface area contributed by atoms with Crippen LogP contribution in [0.5, 0.6) is 0 Å². The molecule has 2 N–H and O–H groups in total. The van der Waals surface area contributed by atoms with Crippen molar-refractivity contribution < 1.29 is 24.2 Å². The molecule has 144 valence electrons. The second-order valence-corrected chi connectivity index (χ2v) is 7.73. The zero-order valence-electron chi connectivity index (χ0n) is 15.2. The van der Waals surface area contributed by atoms with Crippen molar-refractivity contribution in [1.29, 1.82) is 0 Å². The van der Waals surface area contributed by atoms with Gasteiger partial charge in [-0.1, -0.05) is 19.1 Å². The molecule has 0 spiro atoms. The fourth-order valence-corrected chi connectivity index (χ4v) is 4.20. The van der Waals surface area contributed by atoms with Crippen LogP contribution in [-0.4, -0.2) is 45.7 Å². The van der Waals surface area contributed by atoms with Gasteiger partial charge in [-0.15, -0.1) is 11.8 Å². The first kappa shape index (κ1) is 19.5. The molecule has 2 heterocycles. The van der Waals surface area contributed by atoms with Gasteiger partial charge in [-0.25, -0.2) is 4.79 Å². The molecule has 1 aliphatic heterocycles. The van der Waals surface area contributed by atoms with Gasteiger partial charge in [0.05, 0.1) is 23.2 Å². The summed E-state index contributed by atoms with van der Waals surface area (Å²) in [5, 5.41) is 19.5. The molecule has 1 saturated heterocycles. The number of aliphatic hydroxyl groups is 1. The molecule has 1 amide bonds. The van der Waals surface area contributed by atoms with E-state index in [1.165, 1.54) is 24.1 Å². The molecule has 0 saturated carbocycles. The molecule has 0 atom stereocenters. The van der Waals surface area contributed by atoms with Gasteiger partial charge in [-0.2, -0.15) is 0 Å². The number of carbonyl (C=O) groups excluding carboxylic acids is 1. The molecule has 1 fully saturated rings. The Balaban J connectivity index is 1.71. The Morgan fingerprint density at radius 3 is 2.56 bits per heavy atom. The topological polar surface area (TPSA) is 91.0 Å². The number of amides is 1. The largest absolute Gasteiger partial charge is 0.478 e. The third kappa shape index (κ3) is 4.36. The number of carbonyl (C=O) groups is 2. The molecule has 0 unspecified atom stereocenters. The number of carboxylic acids is 1. The number of benzene rings is 1. The van der Waals surface area contributed by atoms with E-state index in [-0.39, 0.29) is 11.5 Å². The average molecular weight is 389 g/mol. The van der Waals surface area contributed by atoms with E-state index in [0.717, 1.165) is 4.90 Å². The lowest BCUT2D eigenvalue weighted by Crippen LogP contribution is -2.46. The molecule has 1 aromatic carbocycles. The molecule has 0 radical (unpaired) electrons. The summed E-state index contributed by atoms with van der Waals surface area (Å²) in [5.41, 5.74) is 0.0615. The Hall–Kier alpha value is -2.25. The summed E-state index contributed by atoms with van der Waals surface area (Å²) in [5.74, 6) is -0.385. The van der Waals surface area contributed by atoms with Gasteiger partial charge < -0.3 is 19.5 Å². The van der Waals surface area contributed by atoms with Crippen LogP contribution in [0.1, 0.15) is 52.7 Å². The van der Waals surface area contributed by atoms with Gasteiger partial charge in [-0.3, -0.25) is 4.79 Å². The van der Waals surface area contributed by atoms with Gasteiger partial charge in [-0.05, 0) is 37.5 Å². The number of hydrogen-bond acceptors (Lipinski definition) is 5. The molecule has 1 aromatic heterocycles. The Labute approximate surface area is 162 Å². The lowest BCUT2D eigenvalue weighted by atomic mass is 9.89. The van der Waals surface area contributed by atoms with Crippen LogP contribution < -0.4 is 0 Å². The van der Waals surface area contributed by atoms with Crippen molar-refractivity contribution in [3.63, 3.8) is 0 Å². The van der Waals surface area contributed by atoms with E-state index in [9.17, 15) is 19.8 Å². The minimum atomic E-state index is -1.03. The van der Waals surface area contributed by atoms with Crippen LogP contribution in [-0.2, 0) is 5.75 Å². The smallest absolute Gasteiger partial charge is 0.339 e. The molecule has 0 bridgehead atoms. The molecule has 2 aromatic rings. The van der Waals surface area contributed by atoms with Crippen LogP contribution in [0, 0.1) is 0 Å². The van der Waals surface area contributed by atoms with Crippen LogP contribution in [0.15, 0.2) is 45.9 Å². The lowest BCUT2D eigenvalue weighted by Gasteiger charge is -2.37. The highest BCUT2D eigenvalue weighted by atomic mass is 32.2. The maximum atomic E-state index is 13.0. The molecule has 3 rings (SSSR count). The predicted octanol–water partition coefficient (Wildman–Crippen LogP) is 3.65. The number of carboxylic acid groups (broad SMARTS) is 1. The van der Waals surface area contributed by atoms with Crippen molar-refractivity contribution >= 4 is 23.6 Å². The second-order valence-electron chi connectivity index (χ2n) is 6.72. The minimum Gasteiger partial charge on any atom is -0.478 e. The molecular formula is C20H23NO5S. The van der Waals surface area contributed by atoms with E-state index in [0.29, 0.717) is 49.4 Å². The van der Waals surface area contributed by atoms with Crippen LogP contribution in [0.4, 0.5) is 0 Å². The fourth-order valence-electron chi connectivity index (χ4n) is 3.21. The standard InChI is InChI=1S/C20H23NO5S/c1-2-20(25)8-10-21(11-9-20)18(22)15-5-3-4-6-17(15)27-13-16-14(19(23)24)7-12-26-16/h3-7,12,25H,2,8-11,13H2,1H3,(H,23,24). The van der Waals surface area contributed by atoms with Gasteiger partial charge in [0.25, 0.3) is 5.91 Å². The Morgan fingerprint density at radius 1 is 1.19 bits per heavy atom. The van der Waals surface area contributed by atoms with Crippen LogP contribution in [0.2, 0.25) is 0 Å². The average Bonchev–Trinajstić information content (AvgIpc) is 3.16. The lowest BCUT2D eigenvalue weighted by molar-refractivity contribution is -0.0194. The van der Waals surface area contributed by atoms with Gasteiger partial charge >= 0.3 is 5.97 Å². The predicted molar refractivity (Wildman–Crippen MR) is 102 cm³/mol. The Morgan fingerprint density at radius 2 is 1.89 bits per heavy atom. The van der Waals surface area contributed by atoms with Crippen LogP contribution >= 0.6 is 11.8 Å². The van der Waals surface area contributed by atoms with E-state index in [4.69, 9.17) is 4.42 Å². The first-order chi connectivity index (χ1) is 12.9. The van der Waals surface area contributed by atoms with E-state index in [2.05, 4.69) is 0 Å².